The molecule has 0 aliphatic heterocycles. The Balaban J connectivity index is 1.97. The van der Waals surface area contributed by atoms with Crippen LogP contribution in [0.5, 0.6) is 5.88 Å². The lowest BCUT2D eigenvalue weighted by molar-refractivity contribution is 0.455. The summed E-state index contributed by atoms with van der Waals surface area (Å²) >= 11 is 0. The second-order valence-corrected chi connectivity index (χ2v) is 4.96. The van der Waals surface area contributed by atoms with Gasteiger partial charge in [0.25, 0.3) is 0 Å². The Bertz CT molecular complexity index is 759. The first-order valence-electron chi connectivity index (χ1n) is 6.45. The molecule has 94 valence electrons. The highest BCUT2D eigenvalue weighted by Crippen LogP contribution is 2.42. The number of para-hydroxylation sites is 1. The van der Waals surface area contributed by atoms with Crippen LogP contribution < -0.4 is 0 Å². The van der Waals surface area contributed by atoms with E-state index in [0.29, 0.717) is 11.6 Å². The molecule has 2 aromatic heterocycles. The van der Waals surface area contributed by atoms with Crippen LogP contribution in [0.4, 0.5) is 0 Å². The van der Waals surface area contributed by atoms with Gasteiger partial charge in [-0.1, -0.05) is 18.2 Å². The first kappa shape index (κ1) is 10.6. The topological polar surface area (TPSA) is 50.9 Å². The van der Waals surface area contributed by atoms with Crippen molar-refractivity contribution in [1.29, 1.82) is 0 Å². The van der Waals surface area contributed by atoms with E-state index in [-0.39, 0.29) is 5.88 Å². The third-order valence-electron chi connectivity index (χ3n) is 3.59. The maximum Gasteiger partial charge on any atom is 0.212 e. The average Bonchev–Trinajstić information content (AvgIpc) is 3.20. The largest absolute Gasteiger partial charge is 0.493 e. The molecule has 0 spiro atoms. The molecule has 0 saturated heterocycles. The Morgan fingerprint density at radius 3 is 2.79 bits per heavy atom. The predicted molar refractivity (Wildman–Crippen MR) is 72.5 cm³/mol. The fourth-order valence-corrected chi connectivity index (χ4v) is 2.51. The summed E-state index contributed by atoms with van der Waals surface area (Å²) in [6, 6.07) is 11.7. The van der Waals surface area contributed by atoms with E-state index in [1.54, 1.807) is 18.5 Å². The highest BCUT2D eigenvalue weighted by atomic mass is 16.3. The van der Waals surface area contributed by atoms with E-state index in [1.165, 1.54) is 18.4 Å². The number of benzene rings is 1. The third kappa shape index (κ3) is 1.68. The van der Waals surface area contributed by atoms with Crippen LogP contribution in [0.1, 0.15) is 24.3 Å². The molecule has 3 aromatic rings. The Kier molecular flexibility index (Phi) is 2.12. The monoisotopic (exact) mass is 251 g/mol. The van der Waals surface area contributed by atoms with Crippen LogP contribution in [0, 0.1) is 0 Å². The third-order valence-corrected chi connectivity index (χ3v) is 3.59. The van der Waals surface area contributed by atoms with Crippen molar-refractivity contribution in [3.8, 4) is 11.6 Å². The molecule has 1 N–H and O–H groups in total. The molecular weight excluding hydrogens is 238 g/mol. The molecule has 1 saturated carbocycles. The molecule has 1 fully saturated rings. The molecule has 1 aromatic carbocycles. The van der Waals surface area contributed by atoms with Gasteiger partial charge in [0.15, 0.2) is 5.65 Å². The lowest BCUT2D eigenvalue weighted by Gasteiger charge is -2.09. The highest BCUT2D eigenvalue weighted by molar-refractivity contribution is 5.74. The number of aromatic nitrogens is 3. The van der Waals surface area contributed by atoms with E-state index in [1.807, 2.05) is 10.6 Å². The molecule has 2 heterocycles. The molecule has 1 aliphatic carbocycles. The van der Waals surface area contributed by atoms with Gasteiger partial charge in [0, 0.05) is 6.07 Å². The number of imidazole rings is 1. The Labute approximate surface area is 110 Å². The van der Waals surface area contributed by atoms with Crippen molar-refractivity contribution in [1.82, 2.24) is 14.5 Å². The Morgan fingerprint density at radius 1 is 1.11 bits per heavy atom. The molecule has 0 bridgehead atoms. The van der Waals surface area contributed by atoms with Gasteiger partial charge < -0.3 is 5.11 Å². The minimum atomic E-state index is 0.0261. The van der Waals surface area contributed by atoms with Gasteiger partial charge in [-0.3, -0.25) is 4.57 Å². The second kappa shape index (κ2) is 3.82. The quantitative estimate of drug-likeness (QED) is 0.761. The minimum Gasteiger partial charge on any atom is -0.493 e. The van der Waals surface area contributed by atoms with E-state index < -0.39 is 0 Å². The van der Waals surface area contributed by atoms with Crippen LogP contribution in [-0.2, 0) is 0 Å². The van der Waals surface area contributed by atoms with Crippen LogP contribution in [0.15, 0.2) is 42.7 Å². The number of hydrogen-bond acceptors (Lipinski definition) is 3. The molecule has 4 heteroatoms. The average molecular weight is 251 g/mol. The van der Waals surface area contributed by atoms with Crippen molar-refractivity contribution in [3.63, 3.8) is 0 Å². The summed E-state index contributed by atoms with van der Waals surface area (Å²) in [5.74, 6) is 0.684. The zero-order chi connectivity index (χ0) is 12.8. The number of nitrogens with zero attached hydrogens (tertiary/aromatic N) is 3. The number of aromatic hydroxyl groups is 1. The molecule has 4 nitrogen and oxygen atoms in total. The van der Waals surface area contributed by atoms with Gasteiger partial charge in [0.05, 0.1) is 5.69 Å². The Hall–Kier alpha value is -2.36. The number of rotatable bonds is 2. The maximum atomic E-state index is 9.56. The van der Waals surface area contributed by atoms with Crippen molar-refractivity contribution < 1.29 is 5.11 Å². The molecule has 0 amide bonds. The fourth-order valence-electron chi connectivity index (χ4n) is 2.51. The fraction of sp³-hybridized carbons (Fsp3) is 0.200. The summed E-state index contributed by atoms with van der Waals surface area (Å²) in [4.78, 5) is 8.54. The van der Waals surface area contributed by atoms with Gasteiger partial charge in [-0.15, -0.1) is 0 Å². The number of pyridine rings is 1. The first-order chi connectivity index (χ1) is 9.33. The Morgan fingerprint density at radius 2 is 1.95 bits per heavy atom. The summed E-state index contributed by atoms with van der Waals surface area (Å²) in [6.45, 7) is 0. The van der Waals surface area contributed by atoms with E-state index in [0.717, 1.165) is 11.2 Å². The second-order valence-electron chi connectivity index (χ2n) is 4.96. The van der Waals surface area contributed by atoms with Crippen molar-refractivity contribution in [2.75, 3.05) is 0 Å². The van der Waals surface area contributed by atoms with Gasteiger partial charge >= 0.3 is 0 Å². The summed E-state index contributed by atoms with van der Waals surface area (Å²) in [7, 11) is 0. The van der Waals surface area contributed by atoms with Crippen molar-refractivity contribution in [2.45, 2.75) is 18.8 Å². The lowest BCUT2D eigenvalue weighted by Crippen LogP contribution is -1.98. The van der Waals surface area contributed by atoms with E-state index in [9.17, 15) is 5.11 Å². The van der Waals surface area contributed by atoms with Crippen LogP contribution in [0.25, 0.3) is 16.9 Å². The summed E-state index contributed by atoms with van der Waals surface area (Å²) in [6.07, 6.45) is 4.28. The maximum absolute atomic E-state index is 9.56. The number of fused-ring (bicyclic) bond motifs is 1. The normalized spacial score (nSPS) is 14.9. The zero-order valence-corrected chi connectivity index (χ0v) is 10.3. The van der Waals surface area contributed by atoms with E-state index >= 15 is 0 Å². The van der Waals surface area contributed by atoms with Gasteiger partial charge in [0.2, 0.25) is 5.88 Å². The zero-order valence-electron chi connectivity index (χ0n) is 10.3. The van der Waals surface area contributed by atoms with Gasteiger partial charge in [-0.2, -0.15) is 4.98 Å². The van der Waals surface area contributed by atoms with E-state index in [2.05, 4.69) is 28.2 Å². The smallest absolute Gasteiger partial charge is 0.212 e. The molecular formula is C15H13N3O. The van der Waals surface area contributed by atoms with E-state index in [4.69, 9.17) is 0 Å². The van der Waals surface area contributed by atoms with Crippen LogP contribution in [0.3, 0.4) is 0 Å². The van der Waals surface area contributed by atoms with Gasteiger partial charge in [-0.05, 0) is 36.5 Å². The van der Waals surface area contributed by atoms with Crippen molar-refractivity contribution in [3.05, 3.63) is 48.3 Å². The van der Waals surface area contributed by atoms with Gasteiger partial charge in [-0.25, -0.2) is 4.98 Å². The molecule has 1 aliphatic rings. The highest BCUT2D eigenvalue weighted by Gasteiger charge is 2.26. The molecule has 4 rings (SSSR count). The minimum absolute atomic E-state index is 0.0261. The van der Waals surface area contributed by atoms with Crippen molar-refractivity contribution in [2.24, 2.45) is 0 Å². The first-order valence-corrected chi connectivity index (χ1v) is 6.45. The molecule has 0 atom stereocenters. The standard InChI is InChI=1S/C15H13N3O/c19-14-8-7-12-15(17-14)18(9-16-12)13-4-2-1-3-11(13)10-5-6-10/h1-4,7-10H,5-6H2,(H,17,19). The summed E-state index contributed by atoms with van der Waals surface area (Å²) in [5.41, 5.74) is 3.95. The molecule has 0 radical (unpaired) electrons. The lowest BCUT2D eigenvalue weighted by atomic mass is 10.1. The summed E-state index contributed by atoms with van der Waals surface area (Å²) in [5, 5.41) is 9.56. The predicted octanol–water partition coefficient (Wildman–Crippen LogP) is 3.00. The SMILES string of the molecule is Oc1ccc2ncn(-c3ccccc3C3CC3)c2n1. The summed E-state index contributed by atoms with van der Waals surface area (Å²) < 4.78 is 1.96. The molecule has 0 unspecified atom stereocenters. The van der Waals surface area contributed by atoms with Crippen LogP contribution in [0.2, 0.25) is 0 Å². The van der Waals surface area contributed by atoms with Crippen LogP contribution >= 0.6 is 0 Å². The number of hydrogen-bond donors (Lipinski definition) is 1. The van der Waals surface area contributed by atoms with Crippen molar-refractivity contribution >= 4 is 11.2 Å². The van der Waals surface area contributed by atoms with Crippen LogP contribution in [-0.4, -0.2) is 19.6 Å². The molecule has 19 heavy (non-hydrogen) atoms. The van der Waals surface area contributed by atoms with Gasteiger partial charge in [0.1, 0.15) is 11.8 Å².